The lowest BCUT2D eigenvalue weighted by atomic mass is 10.1. The van der Waals surface area contributed by atoms with Crippen LogP contribution in [0.3, 0.4) is 0 Å². The summed E-state index contributed by atoms with van der Waals surface area (Å²) in [6.07, 6.45) is 6.18. The number of aryl methyl sites for hydroxylation is 1. The second kappa shape index (κ2) is 10.9. The minimum absolute atomic E-state index is 0.489. The largest absolute Gasteiger partial charge is 0.493 e. The standard InChI is InChI=1S/C28H31NO5/c1-30-24-17-23-22(16-25(24)34-19-20-10-6-5-7-11-20)12-8-9-13-29(23)18-21-14-26(31-2)28(33-4)27(15-21)32-3/h5-7,9-11,13-17H,8,12,18-19H2,1-4H3. The summed E-state index contributed by atoms with van der Waals surface area (Å²) in [7, 11) is 6.54. The van der Waals surface area contributed by atoms with E-state index in [4.69, 9.17) is 23.7 Å². The second-order valence-electron chi connectivity index (χ2n) is 7.99. The monoisotopic (exact) mass is 461 g/mol. The van der Waals surface area contributed by atoms with Crippen LogP contribution in [0.2, 0.25) is 0 Å². The van der Waals surface area contributed by atoms with Gasteiger partial charge < -0.3 is 28.6 Å². The zero-order chi connectivity index (χ0) is 23.9. The molecule has 0 atom stereocenters. The van der Waals surface area contributed by atoms with Gasteiger partial charge in [0.25, 0.3) is 0 Å². The van der Waals surface area contributed by atoms with Gasteiger partial charge in [0.05, 0.1) is 28.4 Å². The number of hydrogen-bond donors (Lipinski definition) is 0. The highest BCUT2D eigenvalue weighted by atomic mass is 16.5. The van der Waals surface area contributed by atoms with Gasteiger partial charge in [-0.05, 0) is 47.7 Å². The van der Waals surface area contributed by atoms with Crippen LogP contribution in [-0.2, 0) is 19.6 Å². The van der Waals surface area contributed by atoms with Gasteiger partial charge in [0.15, 0.2) is 23.0 Å². The number of rotatable bonds is 9. The molecule has 0 N–H and O–H groups in total. The maximum Gasteiger partial charge on any atom is 0.203 e. The second-order valence-corrected chi connectivity index (χ2v) is 7.99. The van der Waals surface area contributed by atoms with E-state index in [9.17, 15) is 0 Å². The predicted octanol–water partition coefficient (Wildman–Crippen LogP) is 5.77. The Bertz CT molecular complexity index is 1120. The van der Waals surface area contributed by atoms with Gasteiger partial charge in [-0.2, -0.15) is 0 Å². The first kappa shape index (κ1) is 23.4. The maximum absolute atomic E-state index is 6.15. The van der Waals surface area contributed by atoms with Crippen molar-refractivity contribution in [2.45, 2.75) is 26.0 Å². The summed E-state index contributed by atoms with van der Waals surface area (Å²) in [4.78, 5) is 2.21. The van der Waals surface area contributed by atoms with E-state index in [0.717, 1.165) is 35.4 Å². The van der Waals surface area contributed by atoms with Crippen molar-refractivity contribution in [1.82, 2.24) is 0 Å². The van der Waals surface area contributed by atoms with Crippen LogP contribution >= 0.6 is 0 Å². The average Bonchev–Trinajstić information content (AvgIpc) is 3.08. The smallest absolute Gasteiger partial charge is 0.203 e. The summed E-state index contributed by atoms with van der Waals surface area (Å²) in [5.74, 6) is 3.32. The van der Waals surface area contributed by atoms with Gasteiger partial charge in [0, 0.05) is 24.5 Å². The Kier molecular flexibility index (Phi) is 7.48. The molecule has 0 aromatic heterocycles. The summed E-state index contributed by atoms with van der Waals surface area (Å²) < 4.78 is 28.4. The van der Waals surface area contributed by atoms with E-state index in [2.05, 4.69) is 41.4 Å². The molecule has 6 nitrogen and oxygen atoms in total. The van der Waals surface area contributed by atoms with E-state index < -0.39 is 0 Å². The van der Waals surface area contributed by atoms with Gasteiger partial charge in [-0.25, -0.2) is 0 Å². The van der Waals surface area contributed by atoms with Gasteiger partial charge in [-0.1, -0.05) is 36.4 Å². The third kappa shape index (κ3) is 5.06. The molecule has 0 aliphatic carbocycles. The van der Waals surface area contributed by atoms with Crippen LogP contribution in [0.4, 0.5) is 5.69 Å². The third-order valence-electron chi connectivity index (χ3n) is 5.85. The quantitative estimate of drug-likeness (QED) is 0.403. The first-order valence-electron chi connectivity index (χ1n) is 11.3. The number of allylic oxidation sites excluding steroid dienone is 1. The van der Waals surface area contributed by atoms with Crippen LogP contribution in [-0.4, -0.2) is 28.4 Å². The Morgan fingerprint density at radius 1 is 0.735 bits per heavy atom. The lowest BCUT2D eigenvalue weighted by Crippen LogP contribution is -2.16. The number of methoxy groups -OCH3 is 4. The maximum atomic E-state index is 6.15. The van der Waals surface area contributed by atoms with E-state index in [1.165, 1.54) is 5.56 Å². The van der Waals surface area contributed by atoms with Crippen LogP contribution in [0.15, 0.2) is 66.9 Å². The molecule has 0 bridgehead atoms. The SMILES string of the molecule is COc1cc2c(cc1OCc1ccccc1)CCC=CN2Cc1cc(OC)c(OC)c(OC)c1. The van der Waals surface area contributed by atoms with Crippen LogP contribution in [0.25, 0.3) is 0 Å². The fourth-order valence-electron chi connectivity index (χ4n) is 4.15. The van der Waals surface area contributed by atoms with Crippen molar-refractivity contribution in [2.24, 2.45) is 0 Å². The van der Waals surface area contributed by atoms with Gasteiger partial charge in [0.2, 0.25) is 5.75 Å². The highest BCUT2D eigenvalue weighted by Crippen LogP contribution is 2.41. The summed E-state index contributed by atoms with van der Waals surface area (Å²) in [6, 6.07) is 18.3. The Morgan fingerprint density at radius 3 is 2.09 bits per heavy atom. The van der Waals surface area contributed by atoms with E-state index in [1.807, 2.05) is 30.3 Å². The Hall–Kier alpha value is -3.80. The molecule has 1 heterocycles. The molecule has 34 heavy (non-hydrogen) atoms. The van der Waals surface area contributed by atoms with Crippen LogP contribution in [0.5, 0.6) is 28.7 Å². The van der Waals surface area contributed by atoms with Crippen molar-refractivity contribution in [1.29, 1.82) is 0 Å². The predicted molar refractivity (Wildman–Crippen MR) is 134 cm³/mol. The van der Waals surface area contributed by atoms with Gasteiger partial charge >= 0.3 is 0 Å². The molecular weight excluding hydrogens is 430 g/mol. The van der Waals surface area contributed by atoms with E-state index in [1.54, 1.807) is 28.4 Å². The van der Waals surface area contributed by atoms with Gasteiger partial charge in [-0.15, -0.1) is 0 Å². The normalized spacial score (nSPS) is 12.5. The average molecular weight is 462 g/mol. The Labute approximate surface area is 201 Å². The van der Waals surface area contributed by atoms with E-state index in [0.29, 0.717) is 36.1 Å². The zero-order valence-corrected chi connectivity index (χ0v) is 20.2. The molecule has 0 fully saturated rings. The molecule has 1 aliphatic rings. The lowest BCUT2D eigenvalue weighted by molar-refractivity contribution is 0.284. The number of nitrogens with zero attached hydrogens (tertiary/aromatic N) is 1. The first-order chi connectivity index (χ1) is 16.7. The minimum atomic E-state index is 0.489. The molecule has 0 saturated carbocycles. The molecule has 0 unspecified atom stereocenters. The molecule has 178 valence electrons. The summed E-state index contributed by atoms with van der Waals surface area (Å²) in [5.41, 5.74) is 4.45. The summed E-state index contributed by atoms with van der Waals surface area (Å²) in [5, 5.41) is 0. The minimum Gasteiger partial charge on any atom is -0.493 e. The van der Waals surface area contributed by atoms with Crippen molar-refractivity contribution in [2.75, 3.05) is 33.3 Å². The molecule has 0 saturated heterocycles. The molecular formula is C28H31NO5. The molecule has 0 amide bonds. The van der Waals surface area contributed by atoms with E-state index in [-0.39, 0.29) is 0 Å². The number of benzene rings is 3. The van der Waals surface area contributed by atoms with Crippen LogP contribution < -0.4 is 28.6 Å². The van der Waals surface area contributed by atoms with Gasteiger partial charge in [0.1, 0.15) is 6.61 Å². The summed E-state index contributed by atoms with van der Waals surface area (Å²) >= 11 is 0. The van der Waals surface area contributed by atoms with Crippen LogP contribution in [0.1, 0.15) is 23.1 Å². The molecule has 0 radical (unpaired) electrons. The molecule has 3 aromatic carbocycles. The van der Waals surface area contributed by atoms with Crippen molar-refractivity contribution in [3.05, 3.63) is 83.6 Å². The lowest BCUT2D eigenvalue weighted by Gasteiger charge is -2.25. The van der Waals surface area contributed by atoms with Gasteiger partial charge in [-0.3, -0.25) is 0 Å². The number of anilines is 1. The Balaban J connectivity index is 1.64. The highest BCUT2D eigenvalue weighted by Gasteiger charge is 2.20. The van der Waals surface area contributed by atoms with E-state index >= 15 is 0 Å². The first-order valence-corrected chi connectivity index (χ1v) is 11.3. The van der Waals surface area contributed by atoms with Crippen molar-refractivity contribution in [3.63, 3.8) is 0 Å². The highest BCUT2D eigenvalue weighted by molar-refractivity contribution is 5.65. The molecule has 6 heteroatoms. The fraction of sp³-hybridized carbons (Fsp3) is 0.286. The Morgan fingerprint density at radius 2 is 1.44 bits per heavy atom. The number of hydrogen-bond acceptors (Lipinski definition) is 6. The van der Waals surface area contributed by atoms with Crippen molar-refractivity contribution < 1.29 is 23.7 Å². The molecule has 1 aliphatic heterocycles. The van der Waals surface area contributed by atoms with Crippen molar-refractivity contribution >= 4 is 5.69 Å². The molecule has 4 rings (SSSR count). The third-order valence-corrected chi connectivity index (χ3v) is 5.85. The zero-order valence-electron chi connectivity index (χ0n) is 20.2. The number of ether oxygens (including phenoxy) is 5. The molecule has 0 spiro atoms. The molecule has 3 aromatic rings. The van der Waals surface area contributed by atoms with Crippen LogP contribution in [0, 0.1) is 0 Å². The summed E-state index contributed by atoms with van der Waals surface area (Å²) in [6.45, 7) is 1.12. The number of fused-ring (bicyclic) bond motifs is 1. The topological polar surface area (TPSA) is 49.4 Å². The fourth-order valence-corrected chi connectivity index (χ4v) is 4.15. The van der Waals surface area contributed by atoms with Crippen molar-refractivity contribution in [3.8, 4) is 28.7 Å².